The van der Waals surface area contributed by atoms with Crippen molar-refractivity contribution in [3.8, 4) is 5.75 Å². The van der Waals surface area contributed by atoms with Gasteiger partial charge < -0.3 is 9.84 Å². The smallest absolute Gasteiger partial charge is 0.246 e. The van der Waals surface area contributed by atoms with Crippen LogP contribution in [0.1, 0.15) is 24.0 Å². The summed E-state index contributed by atoms with van der Waals surface area (Å²) in [6.45, 7) is -0.386. The molecular weight excluding hydrogens is 364 g/mol. The molecule has 26 heavy (non-hydrogen) atoms. The maximum absolute atomic E-state index is 13.8. The normalized spacial score (nSPS) is 19.8. The van der Waals surface area contributed by atoms with Crippen molar-refractivity contribution in [1.29, 1.82) is 0 Å². The van der Waals surface area contributed by atoms with Crippen LogP contribution in [0.3, 0.4) is 0 Å². The van der Waals surface area contributed by atoms with E-state index in [4.69, 9.17) is 4.74 Å². The van der Waals surface area contributed by atoms with Crippen molar-refractivity contribution in [3.63, 3.8) is 0 Å². The lowest BCUT2D eigenvalue weighted by molar-refractivity contribution is 0.0242. The second kappa shape index (κ2) is 6.94. The molecule has 3 rings (SSSR count). The number of hydrogen-bond acceptors (Lipinski definition) is 4. The molecule has 0 aliphatic heterocycles. The van der Waals surface area contributed by atoms with E-state index in [2.05, 4.69) is 4.72 Å². The monoisotopic (exact) mass is 383 g/mol. The number of methoxy groups -OCH3 is 1. The molecule has 140 valence electrons. The molecule has 0 aromatic heterocycles. The van der Waals surface area contributed by atoms with Gasteiger partial charge >= 0.3 is 0 Å². The van der Waals surface area contributed by atoms with Gasteiger partial charge in [0.25, 0.3) is 0 Å². The predicted molar refractivity (Wildman–Crippen MR) is 91.4 cm³/mol. The summed E-state index contributed by atoms with van der Waals surface area (Å²) in [5, 5.41) is 11.0. The SMILES string of the molecule is COc1ccc2c(c1)CCC[C@@]2(O)CNS(=O)(=O)c1c(F)cccc1F. The number of sulfonamides is 1. The van der Waals surface area contributed by atoms with Gasteiger partial charge in [-0.2, -0.15) is 0 Å². The van der Waals surface area contributed by atoms with Crippen molar-refractivity contribution in [3.05, 3.63) is 59.2 Å². The van der Waals surface area contributed by atoms with Crippen LogP contribution in [0.15, 0.2) is 41.3 Å². The Kier molecular flexibility index (Phi) is 5.01. The fourth-order valence-corrected chi connectivity index (χ4v) is 4.50. The number of ether oxygens (including phenoxy) is 1. The highest BCUT2D eigenvalue weighted by atomic mass is 32.2. The summed E-state index contributed by atoms with van der Waals surface area (Å²) in [5.74, 6) is -1.72. The van der Waals surface area contributed by atoms with Gasteiger partial charge in [-0.3, -0.25) is 0 Å². The number of rotatable bonds is 5. The first-order valence-corrected chi connectivity index (χ1v) is 9.58. The van der Waals surface area contributed by atoms with Gasteiger partial charge in [-0.25, -0.2) is 21.9 Å². The minimum atomic E-state index is -4.46. The van der Waals surface area contributed by atoms with Crippen molar-refractivity contribution in [2.24, 2.45) is 0 Å². The molecule has 0 saturated heterocycles. The zero-order valence-corrected chi connectivity index (χ0v) is 14.9. The van der Waals surface area contributed by atoms with Gasteiger partial charge in [0.15, 0.2) is 4.90 Å². The van der Waals surface area contributed by atoms with Crippen LogP contribution in [0.2, 0.25) is 0 Å². The predicted octanol–water partition coefficient (Wildman–Crippen LogP) is 2.48. The number of fused-ring (bicyclic) bond motifs is 1. The molecule has 0 heterocycles. The standard InChI is InChI=1S/C18H19F2NO4S/c1-25-13-7-8-14-12(10-13)4-3-9-18(14,22)11-21-26(23,24)17-15(19)5-2-6-16(17)20/h2,5-8,10,21-22H,3-4,9,11H2,1H3/t18-/m1/s1. The minimum Gasteiger partial charge on any atom is -0.497 e. The molecule has 0 amide bonds. The van der Waals surface area contributed by atoms with Crippen molar-refractivity contribution < 1.29 is 27.0 Å². The quantitative estimate of drug-likeness (QED) is 0.832. The van der Waals surface area contributed by atoms with E-state index in [9.17, 15) is 22.3 Å². The fourth-order valence-electron chi connectivity index (χ4n) is 3.27. The van der Waals surface area contributed by atoms with Crippen LogP contribution in [-0.2, 0) is 22.0 Å². The van der Waals surface area contributed by atoms with Gasteiger partial charge in [-0.15, -0.1) is 0 Å². The minimum absolute atomic E-state index is 0.328. The third-order valence-electron chi connectivity index (χ3n) is 4.59. The van der Waals surface area contributed by atoms with Crippen molar-refractivity contribution in [2.75, 3.05) is 13.7 Å². The van der Waals surface area contributed by atoms with Crippen LogP contribution >= 0.6 is 0 Å². The van der Waals surface area contributed by atoms with E-state index in [1.807, 2.05) is 0 Å². The van der Waals surface area contributed by atoms with Crippen molar-refractivity contribution in [1.82, 2.24) is 4.72 Å². The summed E-state index contributed by atoms with van der Waals surface area (Å²) < 4.78 is 59.6. The van der Waals surface area contributed by atoms with Crippen LogP contribution in [-0.4, -0.2) is 27.2 Å². The molecule has 8 heteroatoms. The van der Waals surface area contributed by atoms with E-state index in [0.717, 1.165) is 30.2 Å². The Morgan fingerprint density at radius 2 is 1.92 bits per heavy atom. The van der Waals surface area contributed by atoms with Crippen LogP contribution in [0.5, 0.6) is 5.75 Å². The number of hydrogen-bond donors (Lipinski definition) is 2. The Morgan fingerprint density at radius 3 is 2.58 bits per heavy atom. The average Bonchev–Trinajstić information content (AvgIpc) is 2.60. The van der Waals surface area contributed by atoms with E-state index in [-0.39, 0.29) is 6.54 Å². The van der Waals surface area contributed by atoms with Gasteiger partial charge in [-0.05, 0) is 54.7 Å². The van der Waals surface area contributed by atoms with Gasteiger partial charge in [0.05, 0.1) is 7.11 Å². The van der Waals surface area contributed by atoms with Gasteiger partial charge in [0, 0.05) is 6.54 Å². The van der Waals surface area contributed by atoms with Crippen LogP contribution in [0.4, 0.5) is 8.78 Å². The molecular formula is C18H19F2NO4S. The molecule has 0 spiro atoms. The molecule has 1 aliphatic carbocycles. The van der Waals surface area contributed by atoms with Gasteiger partial charge in [-0.1, -0.05) is 12.1 Å². The lowest BCUT2D eigenvalue weighted by Gasteiger charge is -2.34. The Labute approximate surface area is 150 Å². The number of aryl methyl sites for hydroxylation is 1. The molecule has 1 atom stereocenters. The van der Waals surface area contributed by atoms with E-state index >= 15 is 0 Å². The van der Waals surface area contributed by atoms with E-state index in [1.165, 1.54) is 7.11 Å². The fraction of sp³-hybridized carbons (Fsp3) is 0.333. The molecule has 2 N–H and O–H groups in total. The maximum atomic E-state index is 13.8. The Hall–Kier alpha value is -2.03. The molecule has 2 aromatic carbocycles. The molecule has 0 bridgehead atoms. The summed E-state index contributed by atoms with van der Waals surface area (Å²) >= 11 is 0. The highest BCUT2D eigenvalue weighted by Crippen LogP contribution is 2.37. The summed E-state index contributed by atoms with van der Waals surface area (Å²) in [6, 6.07) is 7.99. The molecule has 0 fully saturated rings. The molecule has 0 radical (unpaired) electrons. The number of nitrogens with one attached hydrogen (secondary N) is 1. The Bertz CT molecular complexity index is 913. The lowest BCUT2D eigenvalue weighted by Crippen LogP contribution is -2.43. The van der Waals surface area contributed by atoms with Crippen LogP contribution in [0, 0.1) is 11.6 Å². The van der Waals surface area contributed by atoms with Gasteiger partial charge in [0.1, 0.15) is 23.0 Å². The lowest BCUT2D eigenvalue weighted by atomic mass is 9.79. The molecule has 0 unspecified atom stereocenters. The highest BCUT2D eigenvalue weighted by Gasteiger charge is 2.36. The number of aliphatic hydroxyl groups is 1. The first-order chi connectivity index (χ1) is 12.3. The van der Waals surface area contributed by atoms with E-state index in [0.29, 0.717) is 24.2 Å². The second-order valence-corrected chi connectivity index (χ2v) is 7.99. The van der Waals surface area contributed by atoms with E-state index < -0.39 is 32.2 Å². The van der Waals surface area contributed by atoms with Crippen LogP contribution in [0.25, 0.3) is 0 Å². The third-order valence-corrected chi connectivity index (χ3v) is 6.04. The molecule has 0 saturated carbocycles. The summed E-state index contributed by atoms with van der Waals surface area (Å²) in [6.07, 6.45) is 1.70. The zero-order chi connectivity index (χ0) is 18.9. The Balaban J connectivity index is 1.88. The number of halogens is 2. The number of benzene rings is 2. The first-order valence-electron chi connectivity index (χ1n) is 8.10. The Morgan fingerprint density at radius 1 is 1.23 bits per heavy atom. The van der Waals surface area contributed by atoms with Gasteiger partial charge in [0.2, 0.25) is 10.0 Å². The third kappa shape index (κ3) is 3.44. The van der Waals surface area contributed by atoms with Crippen molar-refractivity contribution in [2.45, 2.75) is 29.8 Å². The summed E-state index contributed by atoms with van der Waals surface area (Å²) in [4.78, 5) is -1.05. The summed E-state index contributed by atoms with van der Waals surface area (Å²) in [7, 11) is -2.92. The second-order valence-electron chi connectivity index (χ2n) is 6.28. The van der Waals surface area contributed by atoms with Crippen LogP contribution < -0.4 is 9.46 Å². The molecule has 1 aliphatic rings. The zero-order valence-electron chi connectivity index (χ0n) is 14.1. The highest BCUT2D eigenvalue weighted by molar-refractivity contribution is 7.89. The summed E-state index contributed by atoms with van der Waals surface area (Å²) in [5.41, 5.74) is -0.0232. The average molecular weight is 383 g/mol. The first kappa shape index (κ1) is 18.8. The van der Waals surface area contributed by atoms with Crippen molar-refractivity contribution >= 4 is 10.0 Å². The van der Waals surface area contributed by atoms with E-state index in [1.54, 1.807) is 18.2 Å². The maximum Gasteiger partial charge on any atom is 0.246 e. The molecule has 5 nitrogen and oxygen atoms in total. The largest absolute Gasteiger partial charge is 0.497 e. The topological polar surface area (TPSA) is 75.6 Å². The molecule has 2 aromatic rings.